The lowest BCUT2D eigenvalue weighted by Crippen LogP contribution is -2.35. The standard InChI is InChI=1S/C16H18N2O/c17-18-15(13-7-2-1-3-8-13)16-14-9-5-4-6-12(14)10-11-19-16/h1-9,15-16,18H,10-11,17H2. The molecule has 1 aliphatic rings. The van der Waals surface area contributed by atoms with Crippen LogP contribution < -0.4 is 11.3 Å². The van der Waals surface area contributed by atoms with Crippen LogP contribution in [0.25, 0.3) is 0 Å². The Bertz CT molecular complexity index is 541. The number of nitrogens with one attached hydrogen (secondary N) is 1. The topological polar surface area (TPSA) is 47.3 Å². The van der Waals surface area contributed by atoms with Crippen molar-refractivity contribution in [2.75, 3.05) is 6.61 Å². The molecule has 0 aliphatic carbocycles. The van der Waals surface area contributed by atoms with Gasteiger partial charge in [0.05, 0.1) is 12.6 Å². The van der Waals surface area contributed by atoms with Crippen LogP contribution in [-0.4, -0.2) is 6.61 Å². The fraction of sp³-hybridized carbons (Fsp3) is 0.250. The fourth-order valence-corrected chi connectivity index (χ4v) is 2.72. The molecule has 0 radical (unpaired) electrons. The maximum absolute atomic E-state index is 5.97. The number of hydrogen-bond donors (Lipinski definition) is 2. The Morgan fingerprint density at radius 3 is 2.58 bits per heavy atom. The van der Waals surface area contributed by atoms with E-state index in [9.17, 15) is 0 Å². The highest BCUT2D eigenvalue weighted by Crippen LogP contribution is 2.36. The summed E-state index contributed by atoms with van der Waals surface area (Å²) in [7, 11) is 0. The first-order valence-electron chi connectivity index (χ1n) is 6.60. The summed E-state index contributed by atoms with van der Waals surface area (Å²) >= 11 is 0. The Hall–Kier alpha value is -1.68. The molecule has 3 heteroatoms. The summed E-state index contributed by atoms with van der Waals surface area (Å²) in [6.07, 6.45) is 0.941. The molecule has 2 aromatic carbocycles. The SMILES string of the molecule is NNC(c1ccccc1)C1OCCc2ccccc21. The van der Waals surface area contributed by atoms with Crippen molar-refractivity contribution < 1.29 is 4.74 Å². The van der Waals surface area contributed by atoms with Crippen molar-refractivity contribution in [3.05, 3.63) is 71.3 Å². The molecule has 0 saturated carbocycles. The predicted molar refractivity (Wildman–Crippen MR) is 75.3 cm³/mol. The van der Waals surface area contributed by atoms with Gasteiger partial charge in [-0.05, 0) is 23.1 Å². The number of hydrogen-bond acceptors (Lipinski definition) is 3. The Labute approximate surface area is 113 Å². The monoisotopic (exact) mass is 254 g/mol. The van der Waals surface area contributed by atoms with Crippen LogP contribution in [-0.2, 0) is 11.2 Å². The molecule has 0 aromatic heterocycles. The van der Waals surface area contributed by atoms with Crippen molar-refractivity contribution in [1.29, 1.82) is 0 Å². The van der Waals surface area contributed by atoms with E-state index in [0.717, 1.165) is 18.6 Å². The van der Waals surface area contributed by atoms with Crippen LogP contribution in [0.5, 0.6) is 0 Å². The van der Waals surface area contributed by atoms with E-state index in [1.54, 1.807) is 0 Å². The molecular formula is C16H18N2O. The van der Waals surface area contributed by atoms with Crippen LogP contribution >= 0.6 is 0 Å². The molecule has 19 heavy (non-hydrogen) atoms. The van der Waals surface area contributed by atoms with Gasteiger partial charge in [-0.1, -0.05) is 54.6 Å². The molecule has 3 rings (SSSR count). The van der Waals surface area contributed by atoms with Crippen molar-refractivity contribution >= 4 is 0 Å². The number of nitrogens with two attached hydrogens (primary N) is 1. The minimum atomic E-state index is -0.0302. The lowest BCUT2D eigenvalue weighted by atomic mass is 9.90. The van der Waals surface area contributed by atoms with Crippen LogP contribution in [0.15, 0.2) is 54.6 Å². The molecule has 0 bridgehead atoms. The average molecular weight is 254 g/mol. The minimum absolute atomic E-state index is 0.0253. The summed E-state index contributed by atoms with van der Waals surface area (Å²) in [5.41, 5.74) is 6.64. The van der Waals surface area contributed by atoms with Crippen molar-refractivity contribution in [2.45, 2.75) is 18.6 Å². The van der Waals surface area contributed by atoms with E-state index >= 15 is 0 Å². The van der Waals surface area contributed by atoms with Gasteiger partial charge in [-0.25, -0.2) is 0 Å². The van der Waals surface area contributed by atoms with Gasteiger partial charge in [0.25, 0.3) is 0 Å². The Morgan fingerprint density at radius 1 is 1.05 bits per heavy atom. The van der Waals surface area contributed by atoms with E-state index in [1.165, 1.54) is 11.1 Å². The van der Waals surface area contributed by atoms with Crippen LogP contribution in [0, 0.1) is 0 Å². The van der Waals surface area contributed by atoms with E-state index in [-0.39, 0.29) is 12.1 Å². The van der Waals surface area contributed by atoms with Gasteiger partial charge in [0.2, 0.25) is 0 Å². The highest BCUT2D eigenvalue weighted by atomic mass is 16.5. The first-order chi connectivity index (χ1) is 9.40. The lowest BCUT2D eigenvalue weighted by Gasteiger charge is -2.32. The highest BCUT2D eigenvalue weighted by Gasteiger charge is 2.28. The Kier molecular flexibility index (Phi) is 3.60. The summed E-state index contributed by atoms with van der Waals surface area (Å²) in [4.78, 5) is 0. The number of fused-ring (bicyclic) bond motifs is 1. The smallest absolute Gasteiger partial charge is 0.103 e. The molecule has 98 valence electrons. The third-order valence-corrected chi connectivity index (χ3v) is 3.67. The molecule has 1 heterocycles. The summed E-state index contributed by atoms with van der Waals surface area (Å²) in [6.45, 7) is 0.743. The van der Waals surface area contributed by atoms with E-state index in [2.05, 4.69) is 41.8 Å². The van der Waals surface area contributed by atoms with E-state index in [4.69, 9.17) is 10.6 Å². The van der Waals surface area contributed by atoms with Gasteiger partial charge >= 0.3 is 0 Å². The van der Waals surface area contributed by atoms with Gasteiger partial charge in [0.15, 0.2) is 0 Å². The van der Waals surface area contributed by atoms with Crippen LogP contribution in [0.4, 0.5) is 0 Å². The normalized spacial score (nSPS) is 19.7. The minimum Gasteiger partial charge on any atom is -0.371 e. The second-order valence-corrected chi connectivity index (χ2v) is 4.80. The molecule has 3 N–H and O–H groups in total. The molecule has 2 aromatic rings. The molecule has 0 amide bonds. The molecule has 1 aliphatic heterocycles. The van der Waals surface area contributed by atoms with E-state index in [0.29, 0.717) is 0 Å². The van der Waals surface area contributed by atoms with E-state index < -0.39 is 0 Å². The maximum atomic E-state index is 5.97. The third kappa shape index (κ3) is 2.40. The lowest BCUT2D eigenvalue weighted by molar-refractivity contribution is 0.0147. The maximum Gasteiger partial charge on any atom is 0.103 e. The summed E-state index contributed by atoms with van der Waals surface area (Å²) < 4.78 is 5.97. The molecule has 2 atom stereocenters. The molecular weight excluding hydrogens is 236 g/mol. The van der Waals surface area contributed by atoms with E-state index in [1.807, 2.05) is 18.2 Å². The van der Waals surface area contributed by atoms with Gasteiger partial charge in [0, 0.05) is 0 Å². The molecule has 0 fully saturated rings. The van der Waals surface area contributed by atoms with Crippen LogP contribution in [0.1, 0.15) is 28.8 Å². The first kappa shape index (κ1) is 12.4. The van der Waals surface area contributed by atoms with Crippen molar-refractivity contribution in [1.82, 2.24) is 5.43 Å². The highest BCUT2D eigenvalue weighted by molar-refractivity contribution is 5.34. The number of rotatable bonds is 3. The first-order valence-corrected chi connectivity index (χ1v) is 6.60. The summed E-state index contributed by atoms with van der Waals surface area (Å²) in [5.74, 6) is 5.76. The second-order valence-electron chi connectivity index (χ2n) is 4.80. The molecule has 0 saturated heterocycles. The number of benzene rings is 2. The van der Waals surface area contributed by atoms with Gasteiger partial charge in [-0.15, -0.1) is 0 Å². The van der Waals surface area contributed by atoms with Crippen LogP contribution in [0.3, 0.4) is 0 Å². The zero-order valence-corrected chi connectivity index (χ0v) is 10.8. The predicted octanol–water partition coefficient (Wildman–Crippen LogP) is 2.51. The van der Waals surface area contributed by atoms with Gasteiger partial charge in [0.1, 0.15) is 6.10 Å². The fourth-order valence-electron chi connectivity index (χ4n) is 2.72. The summed E-state index contributed by atoms with van der Waals surface area (Å²) in [5, 5.41) is 0. The number of hydrazine groups is 1. The van der Waals surface area contributed by atoms with Gasteiger partial charge in [-0.2, -0.15) is 0 Å². The molecule has 3 nitrogen and oxygen atoms in total. The van der Waals surface area contributed by atoms with Gasteiger partial charge < -0.3 is 4.74 Å². The second kappa shape index (κ2) is 5.53. The third-order valence-electron chi connectivity index (χ3n) is 3.67. The van der Waals surface area contributed by atoms with Crippen molar-refractivity contribution in [2.24, 2.45) is 5.84 Å². The Morgan fingerprint density at radius 2 is 1.79 bits per heavy atom. The van der Waals surface area contributed by atoms with Crippen molar-refractivity contribution in [3.8, 4) is 0 Å². The molecule has 2 unspecified atom stereocenters. The van der Waals surface area contributed by atoms with Gasteiger partial charge in [-0.3, -0.25) is 11.3 Å². The average Bonchev–Trinajstić information content (AvgIpc) is 2.49. The van der Waals surface area contributed by atoms with Crippen molar-refractivity contribution in [3.63, 3.8) is 0 Å². The number of ether oxygens (including phenoxy) is 1. The zero-order chi connectivity index (χ0) is 13.1. The largest absolute Gasteiger partial charge is 0.371 e. The molecule has 0 spiro atoms. The van der Waals surface area contributed by atoms with Crippen LogP contribution in [0.2, 0.25) is 0 Å². The Balaban J connectivity index is 1.97. The summed E-state index contributed by atoms with van der Waals surface area (Å²) in [6, 6.07) is 18.6. The zero-order valence-electron chi connectivity index (χ0n) is 10.8. The quantitative estimate of drug-likeness (QED) is 0.653.